The van der Waals surface area contributed by atoms with Gasteiger partial charge in [-0.2, -0.15) is 18.3 Å². The monoisotopic (exact) mass is 216 g/mol. The summed E-state index contributed by atoms with van der Waals surface area (Å²) < 4.78 is 34.8. The Hall–Kier alpha value is -1.85. The van der Waals surface area contributed by atoms with E-state index in [0.29, 0.717) is 0 Å². The van der Waals surface area contributed by atoms with E-state index in [9.17, 15) is 18.0 Å². The molecule has 0 saturated carbocycles. The number of nitrogens with one attached hydrogen (secondary N) is 1. The third-order valence-corrected chi connectivity index (χ3v) is 1.41. The predicted octanol–water partition coefficient (Wildman–Crippen LogP) is 1.96. The molecule has 0 atom stereocenters. The van der Waals surface area contributed by atoms with E-state index in [0.717, 1.165) is 0 Å². The molecule has 0 aliphatic heterocycles. The molecule has 0 aliphatic rings. The Morgan fingerprint density at radius 1 is 1.27 bits per heavy atom. The summed E-state index contributed by atoms with van der Waals surface area (Å²) in [5, 5.41) is 2.77. The molecule has 0 radical (unpaired) electrons. The first-order chi connectivity index (χ1) is 6.99. The van der Waals surface area contributed by atoms with Crippen LogP contribution >= 0.6 is 0 Å². The Kier molecular flexibility index (Phi) is 3.43. The zero-order valence-electron chi connectivity index (χ0n) is 7.45. The van der Waals surface area contributed by atoms with Crippen LogP contribution in [-0.4, -0.2) is 18.3 Å². The van der Waals surface area contributed by atoms with Gasteiger partial charge >= 0.3 is 6.18 Å². The molecular formula is C9H7F3N2O. The van der Waals surface area contributed by atoms with Crippen molar-refractivity contribution in [3.63, 3.8) is 0 Å². The summed E-state index contributed by atoms with van der Waals surface area (Å²) in [6.07, 6.45) is -4.81. The molecule has 1 amide bonds. The van der Waals surface area contributed by atoms with E-state index >= 15 is 0 Å². The lowest BCUT2D eigenvalue weighted by molar-refractivity contribution is -0.0538. The van der Waals surface area contributed by atoms with E-state index in [2.05, 4.69) is 5.10 Å². The van der Waals surface area contributed by atoms with Crippen molar-refractivity contribution in [2.45, 2.75) is 6.18 Å². The van der Waals surface area contributed by atoms with E-state index in [4.69, 9.17) is 0 Å². The van der Waals surface area contributed by atoms with Crippen molar-refractivity contribution in [3.8, 4) is 0 Å². The van der Waals surface area contributed by atoms with Crippen molar-refractivity contribution in [1.29, 1.82) is 0 Å². The third-order valence-electron chi connectivity index (χ3n) is 1.41. The van der Waals surface area contributed by atoms with Crippen molar-refractivity contribution < 1.29 is 18.0 Å². The van der Waals surface area contributed by atoms with Gasteiger partial charge < -0.3 is 0 Å². The molecule has 0 aliphatic carbocycles. The van der Waals surface area contributed by atoms with Gasteiger partial charge in [0.15, 0.2) is 0 Å². The molecule has 3 nitrogen and oxygen atoms in total. The zero-order chi connectivity index (χ0) is 11.3. The number of alkyl halides is 3. The van der Waals surface area contributed by atoms with Gasteiger partial charge in [0.25, 0.3) is 5.91 Å². The fourth-order valence-corrected chi connectivity index (χ4v) is 0.818. The summed E-state index contributed by atoms with van der Waals surface area (Å²) in [7, 11) is 0. The lowest BCUT2D eigenvalue weighted by Gasteiger charge is -1.99. The third kappa shape index (κ3) is 4.26. The van der Waals surface area contributed by atoms with Crippen LogP contribution in [0.4, 0.5) is 13.2 Å². The molecule has 1 rings (SSSR count). The fourth-order valence-electron chi connectivity index (χ4n) is 0.818. The van der Waals surface area contributed by atoms with E-state index in [1.165, 1.54) is 12.1 Å². The van der Waals surface area contributed by atoms with Crippen LogP contribution in [0.15, 0.2) is 35.4 Å². The second-order valence-electron chi connectivity index (χ2n) is 2.61. The summed E-state index contributed by atoms with van der Waals surface area (Å²) in [4.78, 5) is 11.1. The van der Waals surface area contributed by atoms with E-state index in [-0.39, 0.29) is 11.8 Å². The average molecular weight is 216 g/mol. The molecule has 6 heteroatoms. The number of rotatable bonds is 2. The molecule has 0 aromatic heterocycles. The molecule has 1 N–H and O–H groups in total. The molecule has 1 aromatic rings. The van der Waals surface area contributed by atoms with Gasteiger partial charge in [-0.05, 0) is 12.1 Å². The number of benzene rings is 1. The Balaban J connectivity index is 2.55. The van der Waals surface area contributed by atoms with E-state index in [1.807, 2.05) is 0 Å². The number of amides is 1. The van der Waals surface area contributed by atoms with Gasteiger partial charge in [0, 0.05) is 5.56 Å². The van der Waals surface area contributed by atoms with Crippen molar-refractivity contribution >= 4 is 12.1 Å². The van der Waals surface area contributed by atoms with Gasteiger partial charge in [-0.1, -0.05) is 18.2 Å². The first kappa shape index (κ1) is 11.2. The van der Waals surface area contributed by atoms with Gasteiger partial charge in [0.05, 0.1) is 0 Å². The second kappa shape index (κ2) is 4.59. The summed E-state index contributed by atoms with van der Waals surface area (Å²) >= 11 is 0. The molecule has 0 spiro atoms. The van der Waals surface area contributed by atoms with Gasteiger partial charge in [0.1, 0.15) is 6.21 Å². The zero-order valence-corrected chi connectivity index (χ0v) is 7.45. The predicted molar refractivity (Wildman–Crippen MR) is 48.5 cm³/mol. The van der Waals surface area contributed by atoms with Crippen molar-refractivity contribution in [2.75, 3.05) is 0 Å². The minimum Gasteiger partial charge on any atom is -0.267 e. The molecule has 0 saturated heterocycles. The first-order valence-electron chi connectivity index (χ1n) is 3.95. The molecule has 0 heterocycles. The Labute approximate surface area is 83.6 Å². The molecule has 0 bridgehead atoms. The summed E-state index contributed by atoms with van der Waals surface area (Å²) in [5.74, 6) is -0.684. The highest BCUT2D eigenvalue weighted by Crippen LogP contribution is 2.09. The number of halogens is 3. The lowest BCUT2D eigenvalue weighted by Crippen LogP contribution is -2.20. The van der Waals surface area contributed by atoms with Crippen LogP contribution < -0.4 is 5.43 Å². The quantitative estimate of drug-likeness (QED) is 0.595. The maximum absolute atomic E-state index is 11.6. The average Bonchev–Trinajstić information content (AvgIpc) is 2.17. The van der Waals surface area contributed by atoms with Crippen LogP contribution in [0.2, 0.25) is 0 Å². The largest absolute Gasteiger partial charge is 0.428 e. The number of carbonyl (C=O) groups excluding carboxylic acids is 1. The molecule has 80 valence electrons. The summed E-state index contributed by atoms with van der Waals surface area (Å²) in [5.41, 5.74) is 2.01. The maximum Gasteiger partial charge on any atom is 0.428 e. The van der Waals surface area contributed by atoms with Gasteiger partial charge in [-0.25, -0.2) is 5.43 Å². The highest BCUT2D eigenvalue weighted by atomic mass is 19.4. The highest BCUT2D eigenvalue weighted by Gasteiger charge is 2.23. The second-order valence-corrected chi connectivity index (χ2v) is 2.61. The molecule has 0 unspecified atom stereocenters. The molecular weight excluding hydrogens is 209 g/mol. The van der Waals surface area contributed by atoms with Crippen LogP contribution in [0.1, 0.15) is 10.4 Å². The maximum atomic E-state index is 11.6. The van der Waals surface area contributed by atoms with Crippen molar-refractivity contribution in [3.05, 3.63) is 35.9 Å². The Morgan fingerprint density at radius 2 is 1.87 bits per heavy atom. The minimum atomic E-state index is -4.52. The summed E-state index contributed by atoms with van der Waals surface area (Å²) in [6, 6.07) is 7.83. The van der Waals surface area contributed by atoms with Crippen LogP contribution in [0.3, 0.4) is 0 Å². The SMILES string of the molecule is O=C(N/N=C/C(F)(F)F)c1ccccc1. The van der Waals surface area contributed by atoms with E-state index in [1.54, 1.807) is 23.6 Å². The van der Waals surface area contributed by atoms with Crippen LogP contribution in [-0.2, 0) is 0 Å². The van der Waals surface area contributed by atoms with Crippen molar-refractivity contribution in [1.82, 2.24) is 5.43 Å². The van der Waals surface area contributed by atoms with Gasteiger partial charge in [-0.3, -0.25) is 4.79 Å². The van der Waals surface area contributed by atoms with Crippen LogP contribution in [0.5, 0.6) is 0 Å². The number of hydrogen-bond acceptors (Lipinski definition) is 2. The minimum absolute atomic E-state index is 0.247. The van der Waals surface area contributed by atoms with E-state index < -0.39 is 12.1 Å². The normalized spacial score (nSPS) is 11.7. The topological polar surface area (TPSA) is 41.5 Å². The van der Waals surface area contributed by atoms with Crippen LogP contribution in [0, 0.1) is 0 Å². The molecule has 0 fully saturated rings. The standard InChI is InChI=1S/C9H7F3N2O/c10-9(11,12)6-13-14-8(15)7-4-2-1-3-5-7/h1-6H,(H,14,15)/b13-6+. The number of hydrazone groups is 1. The summed E-state index contributed by atoms with van der Waals surface area (Å²) in [6.45, 7) is 0. The van der Waals surface area contributed by atoms with Crippen LogP contribution in [0.25, 0.3) is 0 Å². The van der Waals surface area contributed by atoms with Gasteiger partial charge in [-0.15, -0.1) is 0 Å². The Morgan fingerprint density at radius 3 is 2.40 bits per heavy atom. The lowest BCUT2D eigenvalue weighted by atomic mass is 10.2. The fraction of sp³-hybridized carbons (Fsp3) is 0.111. The number of carbonyl (C=O) groups is 1. The van der Waals surface area contributed by atoms with Crippen molar-refractivity contribution in [2.24, 2.45) is 5.10 Å². The molecule has 15 heavy (non-hydrogen) atoms. The molecule has 1 aromatic carbocycles. The van der Waals surface area contributed by atoms with Gasteiger partial charge in [0.2, 0.25) is 0 Å². The Bertz CT molecular complexity index is 359. The number of hydrogen-bond donors (Lipinski definition) is 1. The number of nitrogens with zero attached hydrogens (tertiary/aromatic N) is 1. The first-order valence-corrected chi connectivity index (χ1v) is 3.95. The smallest absolute Gasteiger partial charge is 0.267 e. The highest BCUT2D eigenvalue weighted by molar-refractivity contribution is 5.94.